The third-order valence-electron chi connectivity index (χ3n) is 9.15. The SMILES string of the molecule is CCN1CCC(n2cc(/C=C/c3nn(C4CCCCO4)c4ccc(B5OC(C)(C)C(C)(C)O5)cc34)cn2)CC1. The minimum absolute atomic E-state index is 0.0390. The summed E-state index contributed by atoms with van der Waals surface area (Å²) in [4.78, 5) is 2.51. The summed E-state index contributed by atoms with van der Waals surface area (Å²) >= 11 is 0. The Kier molecular flexibility index (Phi) is 7.21. The van der Waals surface area contributed by atoms with Gasteiger partial charge in [-0.05, 0) is 90.0 Å². The number of nitrogens with zero attached hydrogens (tertiary/aromatic N) is 5. The van der Waals surface area contributed by atoms with E-state index < -0.39 is 7.12 Å². The summed E-state index contributed by atoms with van der Waals surface area (Å²) in [6.07, 6.45) is 13.9. The van der Waals surface area contributed by atoms with E-state index in [1.54, 1.807) is 0 Å². The van der Waals surface area contributed by atoms with Crippen molar-refractivity contribution < 1.29 is 14.0 Å². The van der Waals surface area contributed by atoms with Crippen molar-refractivity contribution in [3.05, 3.63) is 41.9 Å². The normalized spacial score (nSPS) is 24.3. The molecular weight excluding hydrogens is 489 g/mol. The highest BCUT2D eigenvalue weighted by atomic mass is 16.7. The highest BCUT2D eigenvalue weighted by Gasteiger charge is 2.51. The van der Waals surface area contributed by atoms with Gasteiger partial charge in [-0.3, -0.25) is 4.68 Å². The Labute approximate surface area is 232 Å². The van der Waals surface area contributed by atoms with Gasteiger partial charge in [0.1, 0.15) is 0 Å². The monoisotopic (exact) mass is 531 g/mol. The molecule has 1 aromatic carbocycles. The van der Waals surface area contributed by atoms with Crippen LogP contribution in [0.1, 0.15) is 90.2 Å². The molecule has 3 aliphatic rings. The molecule has 2 aromatic heterocycles. The Morgan fingerprint density at radius 3 is 2.49 bits per heavy atom. The fraction of sp³-hybridized carbons (Fsp3) is 0.600. The molecule has 0 radical (unpaired) electrons. The number of hydrogen-bond acceptors (Lipinski definition) is 6. The zero-order valence-electron chi connectivity index (χ0n) is 24.1. The number of piperidine rings is 1. The fourth-order valence-electron chi connectivity index (χ4n) is 5.88. The first kappa shape index (κ1) is 26.8. The maximum Gasteiger partial charge on any atom is 0.494 e. The van der Waals surface area contributed by atoms with Gasteiger partial charge in [0.25, 0.3) is 0 Å². The average Bonchev–Trinajstić information content (AvgIpc) is 3.61. The fourth-order valence-corrected chi connectivity index (χ4v) is 5.88. The molecule has 3 saturated heterocycles. The van der Waals surface area contributed by atoms with Gasteiger partial charge >= 0.3 is 7.12 Å². The zero-order chi connectivity index (χ0) is 27.2. The predicted molar refractivity (Wildman–Crippen MR) is 156 cm³/mol. The summed E-state index contributed by atoms with van der Waals surface area (Å²) in [7, 11) is -0.414. The van der Waals surface area contributed by atoms with Gasteiger partial charge in [0.15, 0.2) is 6.23 Å². The van der Waals surface area contributed by atoms with Gasteiger partial charge in [0.05, 0.1) is 34.7 Å². The third-order valence-corrected chi connectivity index (χ3v) is 9.15. The van der Waals surface area contributed by atoms with E-state index >= 15 is 0 Å². The predicted octanol–water partition coefficient (Wildman–Crippen LogP) is 5.06. The van der Waals surface area contributed by atoms with Crippen LogP contribution in [0.4, 0.5) is 0 Å². The average molecular weight is 532 g/mol. The van der Waals surface area contributed by atoms with Crippen molar-refractivity contribution in [2.45, 2.75) is 90.2 Å². The molecule has 0 amide bonds. The van der Waals surface area contributed by atoms with Gasteiger partial charge in [-0.15, -0.1) is 0 Å². The lowest BCUT2D eigenvalue weighted by molar-refractivity contribution is -0.0367. The van der Waals surface area contributed by atoms with Crippen molar-refractivity contribution in [2.75, 3.05) is 26.2 Å². The van der Waals surface area contributed by atoms with Crippen LogP contribution in [0.15, 0.2) is 30.6 Å². The van der Waals surface area contributed by atoms with E-state index in [1.165, 1.54) is 0 Å². The number of aromatic nitrogens is 4. The molecule has 0 spiro atoms. The highest BCUT2D eigenvalue weighted by molar-refractivity contribution is 6.62. The molecule has 5 heterocycles. The molecule has 8 nitrogen and oxygen atoms in total. The standard InChI is InChI=1S/C30H42BN5O3/c1-6-34-16-14-24(15-17-34)35-21-22(20-32-35)10-12-26-25-19-23(31-38-29(2,3)30(4,5)39-31)11-13-27(25)36(33-26)28-9-7-8-18-37-28/h10-13,19-21,24,28H,6-9,14-18H2,1-5H3/b12-10+. The molecule has 9 heteroatoms. The number of rotatable bonds is 6. The maximum absolute atomic E-state index is 6.36. The Balaban J connectivity index is 1.30. The molecule has 0 bridgehead atoms. The second kappa shape index (κ2) is 10.5. The van der Waals surface area contributed by atoms with E-state index in [0.717, 1.165) is 86.0 Å². The molecule has 6 rings (SSSR count). The van der Waals surface area contributed by atoms with Gasteiger partial charge in [0, 0.05) is 36.8 Å². The quantitative estimate of drug-likeness (QED) is 0.415. The summed E-state index contributed by atoms with van der Waals surface area (Å²) in [6.45, 7) is 14.8. The number of ether oxygens (including phenoxy) is 1. The van der Waals surface area contributed by atoms with Crippen molar-refractivity contribution in [3.63, 3.8) is 0 Å². The Hall–Kier alpha value is -2.46. The van der Waals surface area contributed by atoms with E-state index in [-0.39, 0.29) is 17.4 Å². The summed E-state index contributed by atoms with van der Waals surface area (Å²) in [5.74, 6) is 0. The van der Waals surface area contributed by atoms with Crippen LogP contribution in [0, 0.1) is 0 Å². The second-order valence-corrected chi connectivity index (χ2v) is 12.3. The first-order valence-electron chi connectivity index (χ1n) is 14.7. The number of benzene rings is 1. The molecule has 1 atom stereocenters. The van der Waals surface area contributed by atoms with Crippen LogP contribution in [0.2, 0.25) is 0 Å². The van der Waals surface area contributed by atoms with E-state index in [0.29, 0.717) is 6.04 Å². The topological polar surface area (TPSA) is 66.6 Å². The minimum Gasteiger partial charge on any atom is -0.399 e. The van der Waals surface area contributed by atoms with Crippen LogP contribution in [-0.2, 0) is 14.0 Å². The first-order chi connectivity index (χ1) is 18.7. The molecule has 0 N–H and O–H groups in total. The van der Waals surface area contributed by atoms with Gasteiger partial charge < -0.3 is 18.9 Å². The lowest BCUT2D eigenvalue weighted by Gasteiger charge is -2.32. The van der Waals surface area contributed by atoms with Gasteiger partial charge in [-0.2, -0.15) is 10.2 Å². The largest absolute Gasteiger partial charge is 0.494 e. The number of likely N-dealkylation sites (tertiary alicyclic amines) is 1. The smallest absolute Gasteiger partial charge is 0.399 e. The molecule has 3 aliphatic heterocycles. The van der Waals surface area contributed by atoms with Crippen molar-refractivity contribution >= 4 is 35.6 Å². The third kappa shape index (κ3) is 5.22. The van der Waals surface area contributed by atoms with E-state index in [4.69, 9.17) is 24.2 Å². The summed E-state index contributed by atoms with van der Waals surface area (Å²) in [6, 6.07) is 6.89. The number of hydrogen-bond donors (Lipinski definition) is 0. The van der Waals surface area contributed by atoms with Gasteiger partial charge in [-0.25, -0.2) is 4.68 Å². The molecule has 1 unspecified atom stereocenters. The summed E-state index contributed by atoms with van der Waals surface area (Å²) in [5.41, 5.74) is 3.31. The molecule has 3 fully saturated rings. The Morgan fingerprint density at radius 2 is 1.79 bits per heavy atom. The van der Waals surface area contributed by atoms with E-state index in [1.807, 2.05) is 6.20 Å². The van der Waals surface area contributed by atoms with Crippen molar-refractivity contribution in [1.82, 2.24) is 24.5 Å². The molecule has 39 heavy (non-hydrogen) atoms. The Bertz CT molecular complexity index is 1320. The highest BCUT2D eigenvalue weighted by Crippen LogP contribution is 2.37. The van der Waals surface area contributed by atoms with Crippen molar-refractivity contribution in [3.8, 4) is 0 Å². The summed E-state index contributed by atoms with van der Waals surface area (Å²) in [5, 5.41) is 10.8. The van der Waals surface area contributed by atoms with Crippen LogP contribution in [-0.4, -0.2) is 69.0 Å². The minimum atomic E-state index is -0.414. The first-order valence-corrected chi connectivity index (χ1v) is 14.7. The zero-order valence-corrected chi connectivity index (χ0v) is 24.1. The van der Waals surface area contributed by atoms with Crippen LogP contribution >= 0.6 is 0 Å². The lowest BCUT2D eigenvalue weighted by Crippen LogP contribution is -2.41. The van der Waals surface area contributed by atoms with Crippen molar-refractivity contribution in [1.29, 1.82) is 0 Å². The molecule has 3 aromatic rings. The van der Waals surface area contributed by atoms with Crippen LogP contribution in [0.5, 0.6) is 0 Å². The number of fused-ring (bicyclic) bond motifs is 1. The van der Waals surface area contributed by atoms with Gasteiger partial charge in [0.2, 0.25) is 0 Å². The maximum atomic E-state index is 6.36. The van der Waals surface area contributed by atoms with Crippen LogP contribution < -0.4 is 5.46 Å². The van der Waals surface area contributed by atoms with Crippen LogP contribution in [0.25, 0.3) is 23.1 Å². The lowest BCUT2D eigenvalue weighted by atomic mass is 9.78. The Morgan fingerprint density at radius 1 is 1.03 bits per heavy atom. The molecule has 0 aliphatic carbocycles. The second-order valence-electron chi connectivity index (χ2n) is 12.3. The van der Waals surface area contributed by atoms with E-state index in [2.05, 4.69) is 85.4 Å². The van der Waals surface area contributed by atoms with Gasteiger partial charge in [-0.1, -0.05) is 19.1 Å². The van der Waals surface area contributed by atoms with E-state index in [9.17, 15) is 0 Å². The molecule has 208 valence electrons. The van der Waals surface area contributed by atoms with Crippen molar-refractivity contribution in [2.24, 2.45) is 0 Å². The molecule has 0 saturated carbocycles. The van der Waals surface area contributed by atoms with Crippen LogP contribution in [0.3, 0.4) is 0 Å². The molecular formula is C30H42BN5O3. The summed E-state index contributed by atoms with van der Waals surface area (Å²) < 4.78 is 23.1.